The highest BCUT2D eigenvalue weighted by Crippen LogP contribution is 2.27. The van der Waals surface area contributed by atoms with Crippen molar-refractivity contribution in [1.29, 1.82) is 0 Å². The van der Waals surface area contributed by atoms with Gasteiger partial charge >= 0.3 is 0 Å². The fraction of sp³-hybridized carbons (Fsp3) is 0.400. The molecule has 74 valence electrons. The van der Waals surface area contributed by atoms with Crippen LogP contribution in [0.25, 0.3) is 0 Å². The van der Waals surface area contributed by atoms with E-state index in [0.29, 0.717) is 11.0 Å². The summed E-state index contributed by atoms with van der Waals surface area (Å²) in [6.07, 6.45) is 3.14. The number of nitrogens with zero attached hydrogens (tertiary/aromatic N) is 1. The van der Waals surface area contributed by atoms with Gasteiger partial charge in [0.05, 0.1) is 0 Å². The van der Waals surface area contributed by atoms with Gasteiger partial charge in [-0.2, -0.15) is 0 Å². The fourth-order valence-corrected chi connectivity index (χ4v) is 1.54. The van der Waals surface area contributed by atoms with Crippen molar-refractivity contribution in [1.82, 2.24) is 4.98 Å². The molecule has 1 N–H and O–H groups in total. The van der Waals surface area contributed by atoms with E-state index in [1.54, 1.807) is 18.2 Å². The molecule has 0 unspecified atom stereocenters. The summed E-state index contributed by atoms with van der Waals surface area (Å²) in [5.41, 5.74) is 0. The van der Waals surface area contributed by atoms with Crippen molar-refractivity contribution in [3.05, 3.63) is 23.4 Å². The second kappa shape index (κ2) is 3.96. The summed E-state index contributed by atoms with van der Waals surface area (Å²) >= 11 is 5.69. The summed E-state index contributed by atoms with van der Waals surface area (Å²) in [5.74, 6) is 0.774. The van der Waals surface area contributed by atoms with Crippen LogP contribution in [0.3, 0.4) is 0 Å². The van der Waals surface area contributed by atoms with Gasteiger partial charge in [-0.15, -0.1) is 0 Å². The quantitative estimate of drug-likeness (QED) is 0.762. The van der Waals surface area contributed by atoms with E-state index in [1.807, 2.05) is 0 Å². The van der Waals surface area contributed by atoms with Gasteiger partial charge in [0.25, 0.3) is 0 Å². The number of halogens is 1. The van der Waals surface area contributed by atoms with E-state index in [0.717, 1.165) is 19.3 Å². The summed E-state index contributed by atoms with van der Waals surface area (Å²) < 4.78 is 0. The molecular weight excluding hydrogens is 200 g/mol. The number of carbonyl (C=O) groups is 1. The van der Waals surface area contributed by atoms with Crippen LogP contribution in [-0.4, -0.2) is 10.9 Å². The topological polar surface area (TPSA) is 42.0 Å². The Labute approximate surface area is 87.5 Å². The van der Waals surface area contributed by atoms with Gasteiger partial charge in [0, 0.05) is 5.92 Å². The predicted molar refractivity (Wildman–Crippen MR) is 55.2 cm³/mol. The predicted octanol–water partition coefficient (Wildman–Crippen LogP) is 2.47. The highest BCUT2D eigenvalue weighted by Gasteiger charge is 2.25. The zero-order valence-corrected chi connectivity index (χ0v) is 8.42. The molecule has 0 atom stereocenters. The molecule has 1 saturated carbocycles. The van der Waals surface area contributed by atoms with Gasteiger partial charge in [0.2, 0.25) is 5.91 Å². The third-order valence-corrected chi connectivity index (χ3v) is 2.65. The van der Waals surface area contributed by atoms with Crippen LogP contribution in [0, 0.1) is 5.92 Å². The Morgan fingerprint density at radius 1 is 1.50 bits per heavy atom. The number of hydrogen-bond acceptors (Lipinski definition) is 2. The standard InChI is InChI=1S/C10H11ClN2O/c11-8-5-2-6-9(12-8)13-10(14)7-3-1-4-7/h2,5-7H,1,3-4H2,(H,12,13,14). The molecule has 1 amide bonds. The van der Waals surface area contributed by atoms with Gasteiger partial charge in [-0.3, -0.25) is 4.79 Å². The zero-order valence-electron chi connectivity index (χ0n) is 7.66. The normalized spacial score (nSPS) is 16.1. The molecule has 0 saturated heterocycles. The van der Waals surface area contributed by atoms with E-state index in [2.05, 4.69) is 10.3 Å². The maximum Gasteiger partial charge on any atom is 0.228 e. The SMILES string of the molecule is O=C(Nc1cccc(Cl)n1)C1CCC1. The minimum Gasteiger partial charge on any atom is -0.310 e. The first-order valence-corrected chi connectivity index (χ1v) is 5.07. The minimum atomic E-state index is 0.0611. The van der Waals surface area contributed by atoms with Crippen molar-refractivity contribution >= 4 is 23.3 Å². The molecule has 0 bridgehead atoms. The minimum absolute atomic E-state index is 0.0611. The summed E-state index contributed by atoms with van der Waals surface area (Å²) in [6.45, 7) is 0. The number of pyridine rings is 1. The van der Waals surface area contributed by atoms with Crippen LogP contribution in [0.1, 0.15) is 19.3 Å². The van der Waals surface area contributed by atoms with Crippen molar-refractivity contribution in [2.75, 3.05) is 5.32 Å². The molecule has 14 heavy (non-hydrogen) atoms. The molecular formula is C10H11ClN2O. The Balaban J connectivity index is 1.99. The van der Waals surface area contributed by atoms with Crippen LogP contribution < -0.4 is 5.32 Å². The van der Waals surface area contributed by atoms with Crippen LogP contribution >= 0.6 is 11.6 Å². The average molecular weight is 211 g/mol. The van der Waals surface area contributed by atoms with Crippen LogP contribution in [0.4, 0.5) is 5.82 Å². The number of aromatic nitrogens is 1. The Bertz CT molecular complexity index is 350. The average Bonchev–Trinajstić information content (AvgIpc) is 1.99. The Morgan fingerprint density at radius 2 is 2.29 bits per heavy atom. The molecule has 2 rings (SSSR count). The van der Waals surface area contributed by atoms with Crippen molar-refractivity contribution < 1.29 is 4.79 Å². The van der Waals surface area contributed by atoms with Gasteiger partial charge < -0.3 is 5.32 Å². The Morgan fingerprint density at radius 3 is 2.86 bits per heavy atom. The third kappa shape index (κ3) is 2.04. The van der Waals surface area contributed by atoms with E-state index in [4.69, 9.17) is 11.6 Å². The molecule has 4 heteroatoms. The second-order valence-corrected chi connectivity index (χ2v) is 3.85. The smallest absolute Gasteiger partial charge is 0.228 e. The lowest BCUT2D eigenvalue weighted by Gasteiger charge is -2.23. The molecule has 1 aromatic heterocycles. The largest absolute Gasteiger partial charge is 0.310 e. The maximum atomic E-state index is 11.5. The van der Waals surface area contributed by atoms with Crippen LogP contribution in [-0.2, 0) is 4.79 Å². The number of nitrogens with one attached hydrogen (secondary N) is 1. The van der Waals surface area contributed by atoms with E-state index < -0.39 is 0 Å². The Kier molecular flexibility index (Phi) is 2.68. The number of anilines is 1. The van der Waals surface area contributed by atoms with Crippen molar-refractivity contribution in [2.45, 2.75) is 19.3 Å². The van der Waals surface area contributed by atoms with Crippen LogP contribution in [0.2, 0.25) is 5.15 Å². The third-order valence-electron chi connectivity index (χ3n) is 2.44. The van der Waals surface area contributed by atoms with Crippen LogP contribution in [0.15, 0.2) is 18.2 Å². The highest BCUT2D eigenvalue weighted by atomic mass is 35.5. The van der Waals surface area contributed by atoms with Gasteiger partial charge in [0.15, 0.2) is 0 Å². The van der Waals surface area contributed by atoms with E-state index >= 15 is 0 Å². The lowest BCUT2D eigenvalue weighted by molar-refractivity contribution is -0.122. The van der Waals surface area contributed by atoms with Crippen molar-refractivity contribution in [2.24, 2.45) is 5.92 Å². The van der Waals surface area contributed by atoms with Crippen molar-refractivity contribution in [3.8, 4) is 0 Å². The number of carbonyl (C=O) groups excluding carboxylic acids is 1. The maximum absolute atomic E-state index is 11.5. The lowest BCUT2D eigenvalue weighted by Crippen LogP contribution is -2.28. The molecule has 1 aliphatic carbocycles. The molecule has 1 heterocycles. The molecule has 0 radical (unpaired) electrons. The number of rotatable bonds is 2. The fourth-order valence-electron chi connectivity index (χ4n) is 1.38. The van der Waals surface area contributed by atoms with E-state index in [1.165, 1.54) is 0 Å². The van der Waals surface area contributed by atoms with Gasteiger partial charge in [-0.1, -0.05) is 24.1 Å². The van der Waals surface area contributed by atoms with Crippen molar-refractivity contribution in [3.63, 3.8) is 0 Å². The second-order valence-electron chi connectivity index (χ2n) is 3.46. The molecule has 0 spiro atoms. The first-order valence-electron chi connectivity index (χ1n) is 4.69. The van der Waals surface area contributed by atoms with E-state index in [-0.39, 0.29) is 11.8 Å². The zero-order chi connectivity index (χ0) is 9.97. The molecule has 1 aliphatic rings. The summed E-state index contributed by atoms with van der Waals surface area (Å²) in [7, 11) is 0. The van der Waals surface area contributed by atoms with Gasteiger partial charge in [0.1, 0.15) is 11.0 Å². The summed E-state index contributed by atoms with van der Waals surface area (Å²) in [4.78, 5) is 15.5. The molecule has 1 fully saturated rings. The molecule has 0 aliphatic heterocycles. The Hall–Kier alpha value is -1.09. The van der Waals surface area contributed by atoms with Gasteiger partial charge in [-0.25, -0.2) is 4.98 Å². The number of hydrogen-bond donors (Lipinski definition) is 1. The monoisotopic (exact) mass is 210 g/mol. The number of amides is 1. The summed E-state index contributed by atoms with van der Waals surface area (Å²) in [6, 6.07) is 5.19. The first kappa shape index (κ1) is 9.46. The highest BCUT2D eigenvalue weighted by molar-refractivity contribution is 6.29. The lowest BCUT2D eigenvalue weighted by atomic mass is 9.85. The summed E-state index contributed by atoms with van der Waals surface area (Å²) in [5, 5.41) is 3.15. The molecule has 3 nitrogen and oxygen atoms in total. The van der Waals surface area contributed by atoms with Gasteiger partial charge in [-0.05, 0) is 25.0 Å². The van der Waals surface area contributed by atoms with Crippen LogP contribution in [0.5, 0.6) is 0 Å². The first-order chi connectivity index (χ1) is 6.75. The molecule has 1 aromatic rings. The van der Waals surface area contributed by atoms with E-state index in [9.17, 15) is 4.79 Å². The molecule has 0 aromatic carbocycles.